The van der Waals surface area contributed by atoms with Crippen LogP contribution in [0.4, 0.5) is 4.39 Å². The maximum absolute atomic E-state index is 13.9. The zero-order valence-corrected chi connectivity index (χ0v) is 10.8. The third kappa shape index (κ3) is 4.10. The number of rotatable bonds is 7. The summed E-state index contributed by atoms with van der Waals surface area (Å²) in [7, 11) is 0. The van der Waals surface area contributed by atoms with Gasteiger partial charge in [-0.3, -0.25) is 11.3 Å². The standard InChI is InChI=1S/C14H23FN2/c1-3-4-5-6-10-13(17-16)12-9-7-8-11(2)14(12)15/h7-9,13,17H,3-6,10,16H2,1-2H3. The molecule has 0 amide bonds. The molecule has 0 bridgehead atoms. The van der Waals surface area contributed by atoms with Gasteiger partial charge in [0.05, 0.1) is 0 Å². The summed E-state index contributed by atoms with van der Waals surface area (Å²) >= 11 is 0. The molecule has 0 aromatic heterocycles. The average molecular weight is 238 g/mol. The molecule has 2 nitrogen and oxygen atoms in total. The largest absolute Gasteiger partial charge is 0.271 e. The minimum Gasteiger partial charge on any atom is -0.271 e. The van der Waals surface area contributed by atoms with Crippen molar-refractivity contribution in [3.8, 4) is 0 Å². The van der Waals surface area contributed by atoms with E-state index in [9.17, 15) is 4.39 Å². The fourth-order valence-electron chi connectivity index (χ4n) is 2.04. The normalized spacial score (nSPS) is 12.7. The van der Waals surface area contributed by atoms with Crippen LogP contribution in [0.25, 0.3) is 0 Å². The van der Waals surface area contributed by atoms with E-state index in [-0.39, 0.29) is 11.9 Å². The molecule has 1 unspecified atom stereocenters. The van der Waals surface area contributed by atoms with Crippen LogP contribution < -0.4 is 11.3 Å². The summed E-state index contributed by atoms with van der Waals surface area (Å²) in [6.07, 6.45) is 5.59. The maximum atomic E-state index is 13.9. The molecule has 0 spiro atoms. The summed E-state index contributed by atoms with van der Waals surface area (Å²) in [6.45, 7) is 3.96. The molecule has 0 aliphatic heterocycles. The zero-order valence-electron chi connectivity index (χ0n) is 10.8. The number of nitrogens with one attached hydrogen (secondary N) is 1. The van der Waals surface area contributed by atoms with Crippen molar-refractivity contribution in [2.75, 3.05) is 0 Å². The van der Waals surface area contributed by atoms with Crippen LogP contribution in [0.15, 0.2) is 18.2 Å². The molecule has 0 heterocycles. The third-order valence-corrected chi connectivity index (χ3v) is 3.14. The van der Waals surface area contributed by atoms with E-state index in [0.717, 1.165) is 12.8 Å². The number of benzene rings is 1. The van der Waals surface area contributed by atoms with E-state index in [1.165, 1.54) is 19.3 Å². The van der Waals surface area contributed by atoms with Crippen molar-refractivity contribution in [1.82, 2.24) is 5.43 Å². The second kappa shape index (κ2) is 7.41. The summed E-state index contributed by atoms with van der Waals surface area (Å²) in [4.78, 5) is 0. The number of hydrogen-bond donors (Lipinski definition) is 2. The lowest BCUT2D eigenvalue weighted by atomic mass is 9.98. The molecule has 3 N–H and O–H groups in total. The van der Waals surface area contributed by atoms with Gasteiger partial charge in [0.2, 0.25) is 0 Å². The summed E-state index contributed by atoms with van der Waals surface area (Å²) < 4.78 is 13.9. The van der Waals surface area contributed by atoms with E-state index < -0.39 is 0 Å². The predicted octanol–water partition coefficient (Wildman–Crippen LogP) is 3.61. The second-order valence-corrected chi connectivity index (χ2v) is 4.55. The van der Waals surface area contributed by atoms with Crippen molar-refractivity contribution < 1.29 is 4.39 Å². The lowest BCUT2D eigenvalue weighted by Gasteiger charge is -2.17. The van der Waals surface area contributed by atoms with Crippen molar-refractivity contribution in [3.63, 3.8) is 0 Å². The molecule has 0 saturated carbocycles. The summed E-state index contributed by atoms with van der Waals surface area (Å²) in [5, 5.41) is 0. The summed E-state index contributed by atoms with van der Waals surface area (Å²) in [5.74, 6) is 5.39. The number of nitrogens with two attached hydrogens (primary N) is 1. The minimum absolute atomic E-state index is 0.0771. The van der Waals surface area contributed by atoms with Crippen molar-refractivity contribution in [1.29, 1.82) is 0 Å². The number of aryl methyl sites for hydroxylation is 1. The first-order chi connectivity index (χ1) is 8.20. The van der Waals surface area contributed by atoms with E-state index >= 15 is 0 Å². The highest BCUT2D eigenvalue weighted by Crippen LogP contribution is 2.23. The molecule has 1 aromatic rings. The van der Waals surface area contributed by atoms with E-state index in [2.05, 4.69) is 12.3 Å². The lowest BCUT2D eigenvalue weighted by molar-refractivity contribution is 0.459. The molecule has 1 rings (SSSR count). The maximum Gasteiger partial charge on any atom is 0.130 e. The van der Waals surface area contributed by atoms with Gasteiger partial charge in [0.25, 0.3) is 0 Å². The summed E-state index contributed by atoms with van der Waals surface area (Å²) in [6, 6.07) is 5.40. The SMILES string of the molecule is CCCCCCC(NN)c1cccc(C)c1F. The smallest absolute Gasteiger partial charge is 0.130 e. The summed E-state index contributed by atoms with van der Waals surface area (Å²) in [5.41, 5.74) is 4.08. The monoisotopic (exact) mass is 238 g/mol. The Labute approximate surface area is 103 Å². The van der Waals surface area contributed by atoms with Crippen LogP contribution >= 0.6 is 0 Å². The number of unbranched alkanes of at least 4 members (excludes halogenated alkanes) is 3. The van der Waals surface area contributed by atoms with Gasteiger partial charge in [-0.25, -0.2) is 4.39 Å². The van der Waals surface area contributed by atoms with Crippen LogP contribution in [0, 0.1) is 12.7 Å². The Bertz CT molecular complexity index is 339. The molecule has 0 aliphatic rings. The van der Waals surface area contributed by atoms with Crippen LogP contribution in [0.3, 0.4) is 0 Å². The van der Waals surface area contributed by atoms with Gasteiger partial charge in [0.1, 0.15) is 5.82 Å². The molecule has 1 atom stereocenters. The van der Waals surface area contributed by atoms with Gasteiger partial charge in [0.15, 0.2) is 0 Å². The third-order valence-electron chi connectivity index (χ3n) is 3.14. The van der Waals surface area contributed by atoms with Gasteiger partial charge in [-0.1, -0.05) is 50.8 Å². The molecule has 1 aromatic carbocycles. The minimum atomic E-state index is -0.133. The number of hydrazine groups is 1. The van der Waals surface area contributed by atoms with Crippen LogP contribution in [-0.2, 0) is 0 Å². The second-order valence-electron chi connectivity index (χ2n) is 4.55. The Morgan fingerprint density at radius 2 is 2.06 bits per heavy atom. The van der Waals surface area contributed by atoms with E-state index in [1.54, 1.807) is 13.0 Å². The molecule has 0 saturated heterocycles. The van der Waals surface area contributed by atoms with Crippen LogP contribution in [0.1, 0.15) is 56.2 Å². The molecule has 17 heavy (non-hydrogen) atoms. The van der Waals surface area contributed by atoms with Gasteiger partial charge in [-0.05, 0) is 18.9 Å². The molecule has 0 radical (unpaired) electrons. The van der Waals surface area contributed by atoms with Crippen molar-refractivity contribution >= 4 is 0 Å². The molecule has 96 valence electrons. The number of halogens is 1. The Hall–Kier alpha value is -0.930. The van der Waals surface area contributed by atoms with Crippen molar-refractivity contribution in [2.45, 2.75) is 52.0 Å². The first kappa shape index (κ1) is 14.1. The predicted molar refractivity (Wildman–Crippen MR) is 70.0 cm³/mol. The Kier molecular flexibility index (Phi) is 6.16. The van der Waals surface area contributed by atoms with Crippen molar-refractivity contribution in [3.05, 3.63) is 35.1 Å². The highest BCUT2D eigenvalue weighted by molar-refractivity contribution is 5.27. The van der Waals surface area contributed by atoms with Crippen molar-refractivity contribution in [2.24, 2.45) is 5.84 Å². The fourth-order valence-corrected chi connectivity index (χ4v) is 2.04. The molecular weight excluding hydrogens is 215 g/mol. The molecular formula is C14H23FN2. The first-order valence-corrected chi connectivity index (χ1v) is 6.41. The van der Waals surface area contributed by atoms with Gasteiger partial charge in [-0.2, -0.15) is 0 Å². The van der Waals surface area contributed by atoms with Gasteiger partial charge < -0.3 is 0 Å². The topological polar surface area (TPSA) is 38.0 Å². The molecule has 0 fully saturated rings. The average Bonchev–Trinajstić information content (AvgIpc) is 2.34. The first-order valence-electron chi connectivity index (χ1n) is 6.41. The number of hydrogen-bond acceptors (Lipinski definition) is 2. The van der Waals surface area contributed by atoms with Gasteiger partial charge in [-0.15, -0.1) is 0 Å². The Balaban J connectivity index is 2.63. The van der Waals surface area contributed by atoms with Crippen LogP contribution in [-0.4, -0.2) is 0 Å². The Morgan fingerprint density at radius 1 is 1.29 bits per heavy atom. The highest BCUT2D eigenvalue weighted by atomic mass is 19.1. The molecule has 3 heteroatoms. The van der Waals surface area contributed by atoms with E-state index in [0.29, 0.717) is 11.1 Å². The van der Waals surface area contributed by atoms with Crippen LogP contribution in [0.5, 0.6) is 0 Å². The van der Waals surface area contributed by atoms with E-state index in [1.807, 2.05) is 12.1 Å². The zero-order chi connectivity index (χ0) is 12.7. The van der Waals surface area contributed by atoms with Gasteiger partial charge >= 0.3 is 0 Å². The van der Waals surface area contributed by atoms with Gasteiger partial charge in [0, 0.05) is 11.6 Å². The fraction of sp³-hybridized carbons (Fsp3) is 0.571. The van der Waals surface area contributed by atoms with Crippen LogP contribution in [0.2, 0.25) is 0 Å². The Morgan fingerprint density at radius 3 is 2.71 bits per heavy atom. The highest BCUT2D eigenvalue weighted by Gasteiger charge is 2.14. The van der Waals surface area contributed by atoms with E-state index in [4.69, 9.17) is 5.84 Å². The lowest BCUT2D eigenvalue weighted by Crippen LogP contribution is -2.28. The quantitative estimate of drug-likeness (QED) is 0.432. The molecule has 0 aliphatic carbocycles.